The summed E-state index contributed by atoms with van der Waals surface area (Å²) in [6, 6.07) is 4.80. The van der Waals surface area contributed by atoms with Crippen LogP contribution in [-0.4, -0.2) is 23.5 Å². The molecule has 0 radical (unpaired) electrons. The second kappa shape index (κ2) is 4.37. The van der Waals surface area contributed by atoms with E-state index in [1.165, 1.54) is 11.0 Å². The van der Waals surface area contributed by atoms with Crippen LogP contribution in [0.2, 0.25) is 0 Å². The van der Waals surface area contributed by atoms with Gasteiger partial charge in [0.2, 0.25) is 11.8 Å². The Morgan fingerprint density at radius 1 is 1.53 bits per heavy atom. The zero-order valence-corrected chi connectivity index (χ0v) is 10.5. The van der Waals surface area contributed by atoms with Crippen molar-refractivity contribution in [2.45, 2.75) is 6.42 Å². The Morgan fingerprint density at radius 2 is 2.24 bits per heavy atom. The first-order valence-electron chi connectivity index (χ1n) is 5.07. The van der Waals surface area contributed by atoms with Crippen molar-refractivity contribution in [3.63, 3.8) is 0 Å². The summed E-state index contributed by atoms with van der Waals surface area (Å²) in [4.78, 5) is 24.2. The zero-order valence-electron chi connectivity index (χ0n) is 8.89. The SMILES string of the molecule is NC(=O)C1CC(=O)N(c2cc(Br)ccc2O)C1. The molecule has 0 spiro atoms. The second-order valence-electron chi connectivity index (χ2n) is 3.94. The van der Waals surface area contributed by atoms with Gasteiger partial charge in [-0.2, -0.15) is 0 Å². The predicted molar refractivity (Wildman–Crippen MR) is 65.5 cm³/mol. The number of halogens is 1. The van der Waals surface area contributed by atoms with Crippen LogP contribution in [0.5, 0.6) is 5.75 Å². The quantitative estimate of drug-likeness (QED) is 0.854. The summed E-state index contributed by atoms with van der Waals surface area (Å²) in [5.74, 6) is -1.18. The first kappa shape index (κ1) is 11.9. The zero-order chi connectivity index (χ0) is 12.6. The van der Waals surface area contributed by atoms with Crippen LogP contribution in [0, 0.1) is 5.92 Å². The number of phenols is 1. The third-order valence-electron chi connectivity index (χ3n) is 2.76. The molecule has 3 N–H and O–H groups in total. The smallest absolute Gasteiger partial charge is 0.227 e. The third-order valence-corrected chi connectivity index (χ3v) is 3.25. The van der Waals surface area contributed by atoms with E-state index in [-0.39, 0.29) is 24.6 Å². The van der Waals surface area contributed by atoms with Crippen molar-refractivity contribution in [2.24, 2.45) is 11.7 Å². The summed E-state index contributed by atoms with van der Waals surface area (Å²) in [6.07, 6.45) is 0.0985. The molecule has 0 aromatic heterocycles. The van der Waals surface area contributed by atoms with Gasteiger partial charge in [-0.1, -0.05) is 15.9 Å². The maximum atomic E-state index is 11.7. The maximum Gasteiger partial charge on any atom is 0.227 e. The highest BCUT2D eigenvalue weighted by Crippen LogP contribution is 2.34. The van der Waals surface area contributed by atoms with Crippen LogP contribution < -0.4 is 10.6 Å². The summed E-state index contributed by atoms with van der Waals surface area (Å²) >= 11 is 3.27. The highest BCUT2D eigenvalue weighted by molar-refractivity contribution is 9.10. The largest absolute Gasteiger partial charge is 0.506 e. The van der Waals surface area contributed by atoms with E-state index in [1.54, 1.807) is 12.1 Å². The molecule has 2 rings (SSSR count). The molecular weight excluding hydrogens is 288 g/mol. The van der Waals surface area contributed by atoms with Gasteiger partial charge in [0.15, 0.2) is 0 Å². The molecule has 1 fully saturated rings. The molecule has 1 aliphatic rings. The molecule has 17 heavy (non-hydrogen) atoms. The number of aromatic hydroxyl groups is 1. The number of hydrogen-bond acceptors (Lipinski definition) is 3. The number of primary amides is 1. The molecule has 90 valence electrons. The van der Waals surface area contributed by atoms with E-state index in [2.05, 4.69) is 15.9 Å². The minimum atomic E-state index is -0.490. The molecule has 0 aliphatic carbocycles. The van der Waals surface area contributed by atoms with E-state index in [0.29, 0.717) is 5.69 Å². The Bertz CT molecular complexity index is 490. The van der Waals surface area contributed by atoms with Crippen LogP contribution in [0.1, 0.15) is 6.42 Å². The van der Waals surface area contributed by atoms with Crippen LogP contribution in [0.25, 0.3) is 0 Å². The van der Waals surface area contributed by atoms with Crippen molar-refractivity contribution in [2.75, 3.05) is 11.4 Å². The molecule has 0 saturated carbocycles. The number of amides is 2. The molecular formula is C11H11BrN2O3. The molecule has 1 heterocycles. The number of nitrogens with two attached hydrogens (primary N) is 1. The van der Waals surface area contributed by atoms with Crippen molar-refractivity contribution in [1.29, 1.82) is 0 Å². The number of benzene rings is 1. The Balaban J connectivity index is 2.32. The lowest BCUT2D eigenvalue weighted by atomic mass is 10.1. The topological polar surface area (TPSA) is 83.6 Å². The van der Waals surface area contributed by atoms with Crippen LogP contribution >= 0.6 is 15.9 Å². The minimum absolute atomic E-state index is 0.00618. The summed E-state index contributed by atoms with van der Waals surface area (Å²) in [5, 5.41) is 9.71. The first-order chi connectivity index (χ1) is 7.99. The van der Waals surface area contributed by atoms with E-state index in [1.807, 2.05) is 0 Å². The summed E-state index contributed by atoms with van der Waals surface area (Å²) in [6.45, 7) is 0.220. The standard InChI is InChI=1S/C11H11BrN2O3/c12-7-1-2-9(15)8(4-7)14-5-6(11(13)17)3-10(14)16/h1-2,4,6,15H,3,5H2,(H2,13,17). The number of nitrogens with zero attached hydrogens (tertiary/aromatic N) is 1. The second-order valence-corrected chi connectivity index (χ2v) is 4.86. The van der Waals surface area contributed by atoms with E-state index in [9.17, 15) is 14.7 Å². The van der Waals surface area contributed by atoms with E-state index in [4.69, 9.17) is 5.73 Å². The molecule has 1 aromatic rings. The highest BCUT2D eigenvalue weighted by atomic mass is 79.9. The van der Waals surface area contributed by atoms with Gasteiger partial charge in [0.25, 0.3) is 0 Å². The molecule has 6 heteroatoms. The number of carbonyl (C=O) groups is 2. The normalized spacial score (nSPS) is 19.7. The van der Waals surface area contributed by atoms with Gasteiger partial charge in [0.1, 0.15) is 5.75 Å². The monoisotopic (exact) mass is 298 g/mol. The number of hydrogen-bond donors (Lipinski definition) is 2. The Hall–Kier alpha value is -1.56. The van der Waals surface area contributed by atoms with Crippen molar-refractivity contribution >= 4 is 33.4 Å². The number of carbonyl (C=O) groups excluding carboxylic acids is 2. The highest BCUT2D eigenvalue weighted by Gasteiger charge is 2.34. The number of phenolic OH excluding ortho intramolecular Hbond substituents is 1. The lowest BCUT2D eigenvalue weighted by Crippen LogP contribution is -2.28. The van der Waals surface area contributed by atoms with E-state index in [0.717, 1.165) is 4.47 Å². The third kappa shape index (κ3) is 2.26. The molecule has 1 atom stereocenters. The fourth-order valence-corrected chi connectivity index (χ4v) is 2.19. The van der Waals surface area contributed by atoms with Crippen molar-refractivity contribution in [1.82, 2.24) is 0 Å². The van der Waals surface area contributed by atoms with Crippen molar-refractivity contribution in [3.8, 4) is 5.75 Å². The van der Waals surface area contributed by atoms with Gasteiger partial charge in [0, 0.05) is 17.4 Å². The maximum absolute atomic E-state index is 11.7. The van der Waals surface area contributed by atoms with Gasteiger partial charge in [-0.15, -0.1) is 0 Å². The van der Waals surface area contributed by atoms with E-state index >= 15 is 0 Å². The molecule has 1 unspecified atom stereocenters. The summed E-state index contributed by atoms with van der Waals surface area (Å²) < 4.78 is 0.751. The van der Waals surface area contributed by atoms with Gasteiger partial charge in [-0.3, -0.25) is 9.59 Å². The van der Waals surface area contributed by atoms with Gasteiger partial charge in [-0.25, -0.2) is 0 Å². The van der Waals surface area contributed by atoms with E-state index < -0.39 is 11.8 Å². The Kier molecular flexibility index (Phi) is 3.06. The Morgan fingerprint density at radius 3 is 2.82 bits per heavy atom. The van der Waals surface area contributed by atoms with Crippen molar-refractivity contribution < 1.29 is 14.7 Å². The van der Waals surface area contributed by atoms with Crippen LogP contribution in [0.15, 0.2) is 22.7 Å². The first-order valence-corrected chi connectivity index (χ1v) is 5.86. The molecule has 1 aromatic carbocycles. The average molecular weight is 299 g/mol. The molecule has 1 aliphatic heterocycles. The summed E-state index contributed by atoms with van der Waals surface area (Å²) in [7, 11) is 0. The Labute approximate surface area is 106 Å². The lowest BCUT2D eigenvalue weighted by molar-refractivity contribution is -0.123. The van der Waals surface area contributed by atoms with Crippen LogP contribution in [-0.2, 0) is 9.59 Å². The number of rotatable bonds is 2. The molecule has 2 amide bonds. The summed E-state index contributed by atoms with van der Waals surface area (Å²) in [5.41, 5.74) is 5.58. The molecule has 0 bridgehead atoms. The van der Waals surface area contributed by atoms with Crippen LogP contribution in [0.3, 0.4) is 0 Å². The molecule has 1 saturated heterocycles. The van der Waals surface area contributed by atoms with Gasteiger partial charge in [-0.05, 0) is 18.2 Å². The minimum Gasteiger partial charge on any atom is -0.506 e. The van der Waals surface area contributed by atoms with Gasteiger partial charge >= 0.3 is 0 Å². The number of anilines is 1. The lowest BCUT2D eigenvalue weighted by Gasteiger charge is -2.17. The van der Waals surface area contributed by atoms with Crippen molar-refractivity contribution in [3.05, 3.63) is 22.7 Å². The predicted octanol–water partition coefficient (Wildman–Crippen LogP) is 0.993. The molecule has 5 nitrogen and oxygen atoms in total. The fraction of sp³-hybridized carbons (Fsp3) is 0.273. The van der Waals surface area contributed by atoms with Crippen LogP contribution in [0.4, 0.5) is 5.69 Å². The average Bonchev–Trinajstić information content (AvgIpc) is 2.64. The van der Waals surface area contributed by atoms with Gasteiger partial charge < -0.3 is 15.7 Å². The fourth-order valence-electron chi connectivity index (χ4n) is 1.84. The van der Waals surface area contributed by atoms with Gasteiger partial charge in [0.05, 0.1) is 11.6 Å².